The van der Waals surface area contributed by atoms with Gasteiger partial charge in [-0.3, -0.25) is 9.59 Å². The van der Waals surface area contributed by atoms with Crippen LogP contribution >= 0.6 is 0 Å². The van der Waals surface area contributed by atoms with E-state index < -0.39 is 29.0 Å². The molecule has 2 N–H and O–H groups in total. The van der Waals surface area contributed by atoms with Crippen molar-refractivity contribution in [1.29, 1.82) is 0 Å². The second-order valence-electron chi connectivity index (χ2n) is 9.35. The van der Waals surface area contributed by atoms with Crippen LogP contribution in [0.4, 0.5) is 23.2 Å². The molecule has 1 aliphatic heterocycles. The molecule has 0 bridgehead atoms. The van der Waals surface area contributed by atoms with Gasteiger partial charge in [-0.25, -0.2) is 4.39 Å². The first-order valence-corrected chi connectivity index (χ1v) is 11.4. The lowest BCUT2D eigenvalue weighted by Gasteiger charge is -2.35. The minimum atomic E-state index is -4.92. The Morgan fingerprint density at radius 3 is 2.51 bits per heavy atom. The van der Waals surface area contributed by atoms with Crippen LogP contribution in [0.2, 0.25) is 0 Å². The molecule has 0 atom stereocenters. The third-order valence-corrected chi connectivity index (χ3v) is 5.92. The average molecular weight is 513 g/mol. The molecule has 9 heteroatoms. The summed E-state index contributed by atoms with van der Waals surface area (Å²) in [5.41, 5.74) is 0.381. The summed E-state index contributed by atoms with van der Waals surface area (Å²) in [5, 5.41) is 5.74. The molecule has 0 spiro atoms. The molecular formula is C28H24F4N2O3. The predicted molar refractivity (Wildman–Crippen MR) is 132 cm³/mol. The number of nitrogens with one attached hydrogen (secondary N) is 2. The highest BCUT2D eigenvalue weighted by molar-refractivity contribution is 6.10. The van der Waals surface area contributed by atoms with E-state index in [1.165, 1.54) is 30.3 Å². The summed E-state index contributed by atoms with van der Waals surface area (Å²) in [4.78, 5) is 25.8. The maximum atomic E-state index is 13.4. The van der Waals surface area contributed by atoms with Crippen molar-refractivity contribution in [2.75, 3.05) is 12.4 Å². The summed E-state index contributed by atoms with van der Waals surface area (Å²) in [6.07, 6.45) is -2.73. The monoisotopic (exact) mass is 512 g/mol. The number of rotatable bonds is 5. The standard InChI is InChI=1S/C28H24F4N2O3/c1-27(2)15-17-7-9-20(37-3)13-22(17)24(34-27)14-25(35)16-5-4-6-19(11-16)33-26(36)21-10-8-18(29)12-23(21)28(30,31)32/h4-14,34H,15H2,1-3H3,(H,33,36). The van der Waals surface area contributed by atoms with Gasteiger partial charge in [-0.15, -0.1) is 0 Å². The van der Waals surface area contributed by atoms with Gasteiger partial charge in [-0.1, -0.05) is 18.2 Å². The maximum Gasteiger partial charge on any atom is 0.417 e. The SMILES string of the molecule is COc1ccc2c(c1)C(=CC(=O)c1cccc(NC(=O)c3ccc(F)cc3C(F)(F)F)c1)NC(C)(C)C2. The van der Waals surface area contributed by atoms with Gasteiger partial charge in [0.2, 0.25) is 0 Å². The van der Waals surface area contributed by atoms with Gasteiger partial charge >= 0.3 is 6.18 Å². The fourth-order valence-electron chi connectivity index (χ4n) is 4.27. The Kier molecular flexibility index (Phi) is 6.82. The molecule has 0 aliphatic carbocycles. The third-order valence-electron chi connectivity index (χ3n) is 5.92. The number of ether oxygens (including phenoxy) is 1. The lowest BCUT2D eigenvalue weighted by molar-refractivity contribution is -0.138. The number of hydrogen-bond donors (Lipinski definition) is 2. The van der Waals surface area contributed by atoms with Crippen molar-refractivity contribution in [2.24, 2.45) is 0 Å². The van der Waals surface area contributed by atoms with Gasteiger partial charge in [0.1, 0.15) is 11.6 Å². The van der Waals surface area contributed by atoms with E-state index in [2.05, 4.69) is 10.6 Å². The number of alkyl halides is 3. The first kappa shape index (κ1) is 25.9. The van der Waals surface area contributed by atoms with Gasteiger partial charge in [-0.05, 0) is 68.3 Å². The summed E-state index contributed by atoms with van der Waals surface area (Å²) in [5.74, 6) is -1.92. The number of benzene rings is 3. The summed E-state index contributed by atoms with van der Waals surface area (Å²) >= 11 is 0. The molecule has 37 heavy (non-hydrogen) atoms. The van der Waals surface area contributed by atoms with E-state index in [4.69, 9.17) is 4.74 Å². The van der Waals surface area contributed by atoms with Crippen molar-refractivity contribution in [3.63, 3.8) is 0 Å². The van der Waals surface area contributed by atoms with E-state index in [1.54, 1.807) is 7.11 Å². The summed E-state index contributed by atoms with van der Waals surface area (Å²) < 4.78 is 58.7. The van der Waals surface area contributed by atoms with Crippen molar-refractivity contribution < 1.29 is 31.9 Å². The highest BCUT2D eigenvalue weighted by Gasteiger charge is 2.36. The van der Waals surface area contributed by atoms with E-state index in [9.17, 15) is 27.2 Å². The van der Waals surface area contributed by atoms with Crippen LogP contribution in [0.1, 0.15) is 51.3 Å². The van der Waals surface area contributed by atoms with Gasteiger partial charge in [0.05, 0.1) is 18.2 Å². The van der Waals surface area contributed by atoms with Gasteiger partial charge in [0.25, 0.3) is 5.91 Å². The zero-order valence-corrected chi connectivity index (χ0v) is 20.3. The van der Waals surface area contributed by atoms with Crippen LogP contribution in [0.3, 0.4) is 0 Å². The number of carbonyl (C=O) groups is 2. The summed E-state index contributed by atoms with van der Waals surface area (Å²) in [6.45, 7) is 4.03. The first-order valence-electron chi connectivity index (χ1n) is 11.4. The quantitative estimate of drug-likeness (QED) is 0.241. The van der Waals surface area contributed by atoms with Crippen LogP contribution in [-0.2, 0) is 12.6 Å². The van der Waals surface area contributed by atoms with Gasteiger partial charge in [0, 0.05) is 34.1 Å². The molecule has 3 aromatic carbocycles. The summed E-state index contributed by atoms with van der Waals surface area (Å²) in [7, 11) is 1.56. The number of halogens is 4. The topological polar surface area (TPSA) is 67.4 Å². The Morgan fingerprint density at radius 2 is 1.81 bits per heavy atom. The number of hydrogen-bond acceptors (Lipinski definition) is 4. The van der Waals surface area contributed by atoms with Crippen LogP contribution in [0, 0.1) is 5.82 Å². The van der Waals surface area contributed by atoms with Gasteiger partial charge in [-0.2, -0.15) is 13.2 Å². The molecule has 0 radical (unpaired) electrons. The first-order chi connectivity index (χ1) is 17.4. The lowest BCUT2D eigenvalue weighted by Crippen LogP contribution is -2.43. The Hall–Kier alpha value is -4.14. The maximum absolute atomic E-state index is 13.4. The molecule has 1 amide bonds. The normalized spacial score (nSPS) is 15.5. The Labute approximate surface area is 211 Å². The zero-order chi connectivity index (χ0) is 27.0. The third kappa shape index (κ3) is 5.82. The number of amides is 1. The number of anilines is 1. The van der Waals surface area contributed by atoms with Crippen molar-refractivity contribution in [2.45, 2.75) is 32.0 Å². The Morgan fingerprint density at radius 1 is 1.05 bits per heavy atom. The van der Waals surface area contributed by atoms with Crippen molar-refractivity contribution in [3.8, 4) is 5.75 Å². The molecule has 4 rings (SSSR count). The molecule has 192 valence electrons. The highest BCUT2D eigenvalue weighted by atomic mass is 19.4. The zero-order valence-electron chi connectivity index (χ0n) is 20.3. The van der Waals surface area contributed by atoms with Crippen molar-refractivity contribution in [1.82, 2.24) is 5.32 Å². The van der Waals surface area contributed by atoms with Crippen molar-refractivity contribution >= 4 is 23.1 Å². The second-order valence-corrected chi connectivity index (χ2v) is 9.35. The van der Waals surface area contributed by atoms with Gasteiger partial charge in [0.15, 0.2) is 5.78 Å². The molecule has 3 aromatic rings. The molecule has 1 heterocycles. The number of carbonyl (C=O) groups excluding carboxylic acids is 2. The van der Waals surface area contributed by atoms with Crippen LogP contribution < -0.4 is 15.4 Å². The van der Waals surface area contributed by atoms with Crippen LogP contribution in [0.5, 0.6) is 5.75 Å². The van der Waals surface area contributed by atoms with Crippen LogP contribution in [0.25, 0.3) is 5.70 Å². The van der Waals surface area contributed by atoms with Crippen LogP contribution in [-0.4, -0.2) is 24.3 Å². The summed E-state index contributed by atoms with van der Waals surface area (Å²) in [6, 6.07) is 13.3. The number of methoxy groups -OCH3 is 1. The van der Waals surface area contributed by atoms with E-state index in [0.717, 1.165) is 29.7 Å². The molecule has 0 saturated heterocycles. The minimum absolute atomic E-state index is 0.116. The molecule has 0 aromatic heterocycles. The minimum Gasteiger partial charge on any atom is -0.497 e. The van der Waals surface area contributed by atoms with Crippen LogP contribution in [0.15, 0.2) is 66.7 Å². The smallest absolute Gasteiger partial charge is 0.417 e. The fraction of sp³-hybridized carbons (Fsp3) is 0.214. The molecule has 0 unspecified atom stereocenters. The number of allylic oxidation sites excluding steroid dienone is 1. The molecule has 5 nitrogen and oxygen atoms in total. The second kappa shape index (κ2) is 9.72. The van der Waals surface area contributed by atoms with E-state index in [-0.39, 0.29) is 28.6 Å². The van der Waals surface area contributed by atoms with E-state index in [1.807, 2.05) is 32.0 Å². The molecule has 0 saturated carbocycles. The molecule has 1 aliphatic rings. The van der Waals surface area contributed by atoms with Crippen molar-refractivity contribution in [3.05, 3.63) is 100 Å². The van der Waals surface area contributed by atoms with E-state index in [0.29, 0.717) is 11.4 Å². The number of ketones is 1. The fourth-order valence-corrected chi connectivity index (χ4v) is 4.27. The lowest BCUT2D eigenvalue weighted by atomic mass is 9.85. The highest BCUT2D eigenvalue weighted by Crippen LogP contribution is 2.34. The Balaban J connectivity index is 1.62. The largest absolute Gasteiger partial charge is 0.497 e. The predicted octanol–water partition coefficient (Wildman–Crippen LogP) is 6.25. The average Bonchev–Trinajstić information content (AvgIpc) is 2.82. The number of fused-ring (bicyclic) bond motifs is 1. The Bertz CT molecular complexity index is 1410. The van der Waals surface area contributed by atoms with E-state index >= 15 is 0 Å². The van der Waals surface area contributed by atoms with Gasteiger partial charge < -0.3 is 15.4 Å². The molecular weight excluding hydrogens is 488 g/mol. The molecule has 0 fully saturated rings.